The van der Waals surface area contributed by atoms with Crippen molar-refractivity contribution >= 4 is 5.91 Å². The van der Waals surface area contributed by atoms with Crippen LogP contribution in [0.2, 0.25) is 0 Å². The predicted octanol–water partition coefficient (Wildman–Crippen LogP) is 0.702. The molecule has 9 heavy (non-hydrogen) atoms. The summed E-state index contributed by atoms with van der Waals surface area (Å²) in [5.41, 5.74) is 0. The number of allylic oxidation sites excluding steroid dienone is 1. The Balaban J connectivity index is 3.87. The molecule has 0 radical (unpaired) electrons. The van der Waals surface area contributed by atoms with Gasteiger partial charge in [-0.3, -0.25) is 4.79 Å². The summed E-state index contributed by atoms with van der Waals surface area (Å²) in [6.45, 7) is 1.69. The largest absolute Gasteiger partial charge is 0.268 e. The molecule has 0 fully saturated rings. The highest BCUT2D eigenvalue weighted by molar-refractivity contribution is 5.86. The summed E-state index contributed by atoms with van der Waals surface area (Å²) in [4.78, 5) is 20.2. The first-order valence-corrected chi connectivity index (χ1v) is 2.46. The fourth-order valence-electron chi connectivity index (χ4n) is 0.291. The van der Waals surface area contributed by atoms with Gasteiger partial charge in [0.15, 0.2) is 0 Å². The van der Waals surface area contributed by atoms with Gasteiger partial charge in [-0.1, -0.05) is 6.08 Å². The molecule has 0 rings (SSSR count). The quantitative estimate of drug-likeness (QED) is 0.312. The van der Waals surface area contributed by atoms with Crippen LogP contribution in [0, 0.1) is 4.91 Å². The third-order valence-electron chi connectivity index (χ3n) is 0.751. The van der Waals surface area contributed by atoms with Crippen molar-refractivity contribution in [2.75, 3.05) is 7.05 Å². The van der Waals surface area contributed by atoms with Crippen molar-refractivity contribution in [1.29, 1.82) is 0 Å². The molecule has 4 nitrogen and oxygen atoms in total. The third-order valence-corrected chi connectivity index (χ3v) is 0.751. The summed E-state index contributed by atoms with van der Waals surface area (Å²) in [5.74, 6) is -0.410. The van der Waals surface area contributed by atoms with Gasteiger partial charge in [0.2, 0.25) is 0 Å². The third kappa shape index (κ3) is 2.58. The van der Waals surface area contributed by atoms with Crippen LogP contribution in [0.25, 0.3) is 0 Å². The zero-order valence-electron chi connectivity index (χ0n) is 5.37. The van der Waals surface area contributed by atoms with E-state index in [1.54, 1.807) is 13.0 Å². The lowest BCUT2D eigenvalue weighted by atomic mass is 10.5. The minimum absolute atomic E-state index is 0.410. The zero-order valence-corrected chi connectivity index (χ0v) is 5.37. The normalized spacial score (nSPS) is 9.56. The van der Waals surface area contributed by atoms with Crippen molar-refractivity contribution in [1.82, 2.24) is 5.01 Å². The van der Waals surface area contributed by atoms with Gasteiger partial charge in [0.1, 0.15) is 0 Å². The van der Waals surface area contributed by atoms with E-state index in [0.29, 0.717) is 0 Å². The minimum Gasteiger partial charge on any atom is -0.268 e. The van der Waals surface area contributed by atoms with Crippen LogP contribution in [0.4, 0.5) is 0 Å². The molecule has 0 N–H and O–H groups in total. The first-order chi connectivity index (χ1) is 4.22. The Kier molecular flexibility index (Phi) is 3.27. The molecule has 0 aromatic heterocycles. The average Bonchev–Trinajstić information content (AvgIpc) is 1.87. The second-order valence-corrected chi connectivity index (χ2v) is 1.44. The van der Waals surface area contributed by atoms with Gasteiger partial charge >= 0.3 is 0 Å². The number of rotatable bonds is 2. The Hall–Kier alpha value is -1.19. The fraction of sp³-hybridized carbons (Fsp3) is 0.400. The smallest absolute Gasteiger partial charge is 0.268 e. The molecule has 0 aromatic carbocycles. The molecule has 0 aliphatic carbocycles. The lowest BCUT2D eigenvalue weighted by Gasteiger charge is -1.99. The van der Waals surface area contributed by atoms with Gasteiger partial charge in [-0.05, 0) is 6.92 Å². The van der Waals surface area contributed by atoms with Crippen molar-refractivity contribution in [3.63, 3.8) is 0 Å². The Labute approximate surface area is 53.1 Å². The topological polar surface area (TPSA) is 49.7 Å². The second kappa shape index (κ2) is 3.77. The van der Waals surface area contributed by atoms with Gasteiger partial charge in [0, 0.05) is 13.1 Å². The predicted molar refractivity (Wildman–Crippen MR) is 33.4 cm³/mol. The highest BCUT2D eigenvalue weighted by Gasteiger charge is 2.00. The van der Waals surface area contributed by atoms with Gasteiger partial charge in [0.05, 0.1) is 5.29 Å². The van der Waals surface area contributed by atoms with Crippen LogP contribution in [-0.2, 0) is 4.79 Å². The van der Waals surface area contributed by atoms with Crippen LogP contribution in [0.15, 0.2) is 17.4 Å². The molecular weight excluding hydrogens is 120 g/mol. The summed E-state index contributed by atoms with van der Waals surface area (Å²) in [5, 5.41) is 3.11. The summed E-state index contributed by atoms with van der Waals surface area (Å²) >= 11 is 0. The van der Waals surface area contributed by atoms with E-state index in [-0.39, 0.29) is 0 Å². The fourth-order valence-corrected chi connectivity index (χ4v) is 0.291. The molecule has 0 atom stereocenters. The molecule has 0 saturated carbocycles. The number of carbonyl (C=O) groups is 1. The monoisotopic (exact) mass is 128 g/mol. The van der Waals surface area contributed by atoms with E-state index in [1.165, 1.54) is 13.1 Å². The number of nitroso groups, excluding NO2 is 1. The highest BCUT2D eigenvalue weighted by atomic mass is 16.3. The lowest BCUT2D eigenvalue weighted by molar-refractivity contribution is -0.124. The Morgan fingerprint density at radius 3 is 2.56 bits per heavy atom. The molecule has 4 heteroatoms. The van der Waals surface area contributed by atoms with E-state index in [4.69, 9.17) is 0 Å². The molecule has 0 heterocycles. The number of amides is 1. The van der Waals surface area contributed by atoms with E-state index in [1.807, 2.05) is 0 Å². The standard InChI is InChI=1S/C5H8N2O2/c1-3-4-5(8)7(2)6-9/h3-4H,1-2H3. The minimum atomic E-state index is -0.410. The second-order valence-electron chi connectivity index (χ2n) is 1.44. The molecule has 0 saturated heterocycles. The van der Waals surface area contributed by atoms with E-state index in [0.717, 1.165) is 5.01 Å². The molecule has 0 unspecified atom stereocenters. The van der Waals surface area contributed by atoms with E-state index >= 15 is 0 Å². The molecule has 1 amide bonds. The molecule has 0 spiro atoms. The zero-order chi connectivity index (χ0) is 7.28. The van der Waals surface area contributed by atoms with Crippen LogP contribution >= 0.6 is 0 Å². The van der Waals surface area contributed by atoms with Gasteiger partial charge in [-0.15, -0.1) is 4.91 Å². The molecule has 50 valence electrons. The summed E-state index contributed by atoms with van der Waals surface area (Å²) in [7, 11) is 1.30. The summed E-state index contributed by atoms with van der Waals surface area (Å²) in [6.07, 6.45) is 2.81. The van der Waals surface area contributed by atoms with Crippen molar-refractivity contribution in [2.24, 2.45) is 5.29 Å². The number of carbonyl (C=O) groups excluding carboxylic acids is 1. The van der Waals surface area contributed by atoms with Gasteiger partial charge < -0.3 is 0 Å². The van der Waals surface area contributed by atoms with E-state index < -0.39 is 5.91 Å². The molecule has 0 aliphatic rings. The number of hydrogen-bond acceptors (Lipinski definition) is 3. The van der Waals surface area contributed by atoms with Gasteiger partial charge in [-0.2, -0.15) is 5.01 Å². The molecule has 0 aliphatic heterocycles. The van der Waals surface area contributed by atoms with E-state index in [9.17, 15) is 9.70 Å². The van der Waals surface area contributed by atoms with Crippen molar-refractivity contribution in [3.05, 3.63) is 17.1 Å². The molecule has 0 bridgehead atoms. The van der Waals surface area contributed by atoms with Crippen molar-refractivity contribution in [3.8, 4) is 0 Å². The van der Waals surface area contributed by atoms with Crippen molar-refractivity contribution in [2.45, 2.75) is 6.92 Å². The lowest BCUT2D eigenvalue weighted by Crippen LogP contribution is -2.17. The van der Waals surface area contributed by atoms with Crippen LogP contribution < -0.4 is 0 Å². The number of hydrogen-bond donors (Lipinski definition) is 0. The number of nitrogens with zero attached hydrogens (tertiary/aromatic N) is 2. The SMILES string of the molecule is CC=CC(=O)N(C)N=O. The van der Waals surface area contributed by atoms with E-state index in [2.05, 4.69) is 5.29 Å². The first kappa shape index (κ1) is 7.81. The summed E-state index contributed by atoms with van der Waals surface area (Å²) < 4.78 is 0. The highest BCUT2D eigenvalue weighted by Crippen LogP contribution is 1.85. The maximum Gasteiger partial charge on any atom is 0.268 e. The Morgan fingerprint density at radius 1 is 1.67 bits per heavy atom. The van der Waals surface area contributed by atoms with Crippen LogP contribution in [-0.4, -0.2) is 18.0 Å². The summed E-state index contributed by atoms with van der Waals surface area (Å²) in [6, 6.07) is 0. The molecule has 0 aromatic rings. The van der Waals surface area contributed by atoms with Crippen LogP contribution in [0.1, 0.15) is 6.92 Å². The van der Waals surface area contributed by atoms with Gasteiger partial charge in [-0.25, -0.2) is 0 Å². The maximum atomic E-state index is 10.5. The van der Waals surface area contributed by atoms with Crippen LogP contribution in [0.5, 0.6) is 0 Å². The maximum absolute atomic E-state index is 10.5. The Bertz CT molecular complexity index is 142. The number of likely N-dealkylation sites (N-methyl/N-ethyl adjacent to an activating group) is 1. The van der Waals surface area contributed by atoms with Crippen molar-refractivity contribution < 1.29 is 4.79 Å². The van der Waals surface area contributed by atoms with Crippen LogP contribution in [0.3, 0.4) is 0 Å². The molecular formula is C5H8N2O2. The van der Waals surface area contributed by atoms with Gasteiger partial charge in [0.25, 0.3) is 5.91 Å². The first-order valence-electron chi connectivity index (χ1n) is 2.46. The average molecular weight is 128 g/mol. The Morgan fingerprint density at radius 2 is 2.22 bits per heavy atom.